The second kappa shape index (κ2) is 7.12. The van der Waals surface area contributed by atoms with Gasteiger partial charge in [0.05, 0.1) is 13.5 Å². The number of methoxy groups -OCH3 is 1. The predicted molar refractivity (Wildman–Crippen MR) is 68.4 cm³/mol. The molecule has 0 radical (unpaired) electrons. The molecule has 1 rings (SSSR count). The van der Waals surface area contributed by atoms with Crippen LogP contribution in [-0.2, 0) is 9.53 Å². The molecule has 1 aromatic carbocycles. The van der Waals surface area contributed by atoms with Crippen LogP contribution in [0.25, 0.3) is 0 Å². The molecule has 0 bridgehead atoms. The van der Waals surface area contributed by atoms with Crippen molar-refractivity contribution in [3.8, 4) is 0 Å². The number of hydrogen-bond donors (Lipinski definition) is 0. The largest absolute Gasteiger partial charge is 0.469 e. The van der Waals surface area contributed by atoms with Gasteiger partial charge in [-0.05, 0) is 17.9 Å². The number of Topliss-reactive ketones (excluding diaryl/α,β-unsaturated/α-hetero) is 1. The number of rotatable bonds is 6. The lowest BCUT2D eigenvalue weighted by molar-refractivity contribution is -0.140. The highest BCUT2D eigenvalue weighted by atomic mass is 32.2. The Bertz CT molecular complexity index is 384. The van der Waals surface area contributed by atoms with Gasteiger partial charge in [-0.25, -0.2) is 0 Å². The molecule has 0 fully saturated rings. The molecule has 0 aliphatic heterocycles. The van der Waals surface area contributed by atoms with Crippen molar-refractivity contribution in [3.05, 3.63) is 29.8 Å². The topological polar surface area (TPSA) is 43.4 Å². The molecule has 0 aliphatic rings. The normalized spacial score (nSPS) is 10.0. The van der Waals surface area contributed by atoms with E-state index in [0.29, 0.717) is 5.56 Å². The fourth-order valence-electron chi connectivity index (χ4n) is 1.37. The van der Waals surface area contributed by atoms with Crippen molar-refractivity contribution in [3.63, 3.8) is 0 Å². The molecular weight excluding hydrogens is 236 g/mol. The first kappa shape index (κ1) is 13.8. The van der Waals surface area contributed by atoms with Gasteiger partial charge in [0.25, 0.3) is 0 Å². The number of ether oxygens (including phenoxy) is 1. The fraction of sp³-hybridized carbons (Fsp3) is 0.385. The van der Waals surface area contributed by atoms with E-state index in [4.69, 9.17) is 0 Å². The van der Waals surface area contributed by atoms with E-state index >= 15 is 0 Å². The summed E-state index contributed by atoms with van der Waals surface area (Å²) >= 11 is 1.73. The summed E-state index contributed by atoms with van der Waals surface area (Å²) in [6.45, 7) is 2.08. The van der Waals surface area contributed by atoms with Crippen LogP contribution in [0.2, 0.25) is 0 Å². The van der Waals surface area contributed by atoms with Crippen LogP contribution in [0.4, 0.5) is 0 Å². The Morgan fingerprint density at radius 1 is 1.18 bits per heavy atom. The van der Waals surface area contributed by atoms with E-state index in [0.717, 1.165) is 10.6 Å². The number of carbonyl (C=O) groups excluding carboxylic acids is 2. The second-order valence-corrected chi connectivity index (χ2v) is 4.79. The third-order valence-electron chi connectivity index (χ3n) is 2.27. The third kappa shape index (κ3) is 4.61. The monoisotopic (exact) mass is 252 g/mol. The summed E-state index contributed by atoms with van der Waals surface area (Å²) in [5.74, 6) is 0.635. The lowest BCUT2D eigenvalue weighted by Crippen LogP contribution is -2.05. The summed E-state index contributed by atoms with van der Waals surface area (Å²) in [6.07, 6.45) is 0.341. The number of ketones is 1. The maximum Gasteiger partial charge on any atom is 0.305 e. The summed E-state index contributed by atoms with van der Waals surface area (Å²) in [6, 6.07) is 7.47. The van der Waals surface area contributed by atoms with Gasteiger partial charge < -0.3 is 4.74 Å². The molecule has 0 N–H and O–H groups in total. The highest BCUT2D eigenvalue weighted by Crippen LogP contribution is 2.18. The number of carbonyl (C=O) groups is 2. The fourth-order valence-corrected chi connectivity index (χ4v) is 2.03. The number of benzene rings is 1. The van der Waals surface area contributed by atoms with Crippen molar-refractivity contribution in [1.29, 1.82) is 0 Å². The Balaban J connectivity index is 2.54. The van der Waals surface area contributed by atoms with Crippen molar-refractivity contribution >= 4 is 23.5 Å². The molecule has 0 saturated carbocycles. The van der Waals surface area contributed by atoms with Crippen LogP contribution in [0.15, 0.2) is 29.2 Å². The average molecular weight is 252 g/mol. The molecule has 0 aromatic heterocycles. The Morgan fingerprint density at radius 3 is 2.35 bits per heavy atom. The van der Waals surface area contributed by atoms with E-state index in [1.54, 1.807) is 23.9 Å². The van der Waals surface area contributed by atoms with Crippen molar-refractivity contribution in [1.82, 2.24) is 0 Å². The van der Waals surface area contributed by atoms with Crippen molar-refractivity contribution in [2.75, 3.05) is 12.9 Å². The van der Waals surface area contributed by atoms with Crippen LogP contribution in [0.3, 0.4) is 0 Å². The molecule has 0 atom stereocenters. The minimum Gasteiger partial charge on any atom is -0.469 e. The minimum absolute atomic E-state index is 0.0246. The molecule has 3 nitrogen and oxygen atoms in total. The molecule has 0 aliphatic carbocycles. The molecule has 0 saturated heterocycles. The molecule has 92 valence electrons. The van der Waals surface area contributed by atoms with Crippen LogP contribution >= 0.6 is 11.8 Å². The minimum atomic E-state index is -0.350. The molecule has 1 aromatic rings. The van der Waals surface area contributed by atoms with E-state index in [2.05, 4.69) is 11.7 Å². The van der Waals surface area contributed by atoms with E-state index in [-0.39, 0.29) is 24.6 Å². The first-order chi connectivity index (χ1) is 8.17. The average Bonchev–Trinajstić information content (AvgIpc) is 2.36. The first-order valence-electron chi connectivity index (χ1n) is 5.50. The summed E-state index contributed by atoms with van der Waals surface area (Å²) < 4.78 is 4.49. The van der Waals surface area contributed by atoms with Gasteiger partial charge in [-0.3, -0.25) is 9.59 Å². The number of thioether (sulfide) groups is 1. The number of esters is 1. The Hall–Kier alpha value is -1.29. The summed E-state index contributed by atoms with van der Waals surface area (Å²) in [5, 5.41) is 0. The van der Waals surface area contributed by atoms with Gasteiger partial charge >= 0.3 is 5.97 Å². The zero-order valence-electron chi connectivity index (χ0n) is 10.1. The highest BCUT2D eigenvalue weighted by Gasteiger charge is 2.09. The van der Waals surface area contributed by atoms with Crippen molar-refractivity contribution in [2.24, 2.45) is 0 Å². The van der Waals surface area contributed by atoms with Crippen molar-refractivity contribution < 1.29 is 14.3 Å². The van der Waals surface area contributed by atoms with Crippen LogP contribution < -0.4 is 0 Å². The quantitative estimate of drug-likeness (QED) is 0.443. The lowest BCUT2D eigenvalue weighted by atomic mass is 10.1. The molecule has 0 heterocycles. The first-order valence-corrected chi connectivity index (χ1v) is 6.48. The van der Waals surface area contributed by atoms with Gasteiger partial charge in [-0.2, -0.15) is 0 Å². The third-order valence-corrected chi connectivity index (χ3v) is 3.17. The lowest BCUT2D eigenvalue weighted by Gasteiger charge is -2.02. The molecule has 4 heteroatoms. The standard InChI is InChI=1S/C13H16O3S/c1-3-17-11-6-4-10(5-7-11)12(14)8-9-13(15)16-2/h4-7H,3,8-9H2,1-2H3. The van der Waals surface area contributed by atoms with Gasteiger partial charge in [-0.1, -0.05) is 19.1 Å². The maximum atomic E-state index is 11.7. The second-order valence-electron chi connectivity index (χ2n) is 3.46. The summed E-state index contributed by atoms with van der Waals surface area (Å²) in [5.41, 5.74) is 0.648. The molecule has 17 heavy (non-hydrogen) atoms. The predicted octanol–water partition coefficient (Wildman–Crippen LogP) is 2.93. The van der Waals surface area contributed by atoms with E-state index in [1.807, 2.05) is 12.1 Å². The molecule has 0 amide bonds. The van der Waals surface area contributed by atoms with Gasteiger partial charge in [0, 0.05) is 16.9 Å². The van der Waals surface area contributed by atoms with Crippen LogP contribution in [0, 0.1) is 0 Å². The molecule has 0 unspecified atom stereocenters. The zero-order valence-corrected chi connectivity index (χ0v) is 10.9. The summed E-state index contributed by atoms with van der Waals surface area (Å²) in [4.78, 5) is 23.8. The van der Waals surface area contributed by atoms with Crippen LogP contribution in [-0.4, -0.2) is 24.6 Å². The highest BCUT2D eigenvalue weighted by molar-refractivity contribution is 7.99. The Labute approximate surface area is 106 Å². The van der Waals surface area contributed by atoms with Crippen LogP contribution in [0.1, 0.15) is 30.1 Å². The zero-order chi connectivity index (χ0) is 12.7. The van der Waals surface area contributed by atoms with Gasteiger partial charge in [0.2, 0.25) is 0 Å². The smallest absolute Gasteiger partial charge is 0.305 e. The Morgan fingerprint density at radius 2 is 1.82 bits per heavy atom. The van der Waals surface area contributed by atoms with E-state index in [9.17, 15) is 9.59 Å². The van der Waals surface area contributed by atoms with Crippen LogP contribution in [0.5, 0.6) is 0 Å². The van der Waals surface area contributed by atoms with E-state index < -0.39 is 0 Å². The SMILES string of the molecule is CCSc1ccc(C(=O)CCC(=O)OC)cc1. The van der Waals surface area contributed by atoms with E-state index in [1.165, 1.54) is 7.11 Å². The Kier molecular flexibility index (Phi) is 5.77. The van der Waals surface area contributed by atoms with Crippen molar-refractivity contribution in [2.45, 2.75) is 24.7 Å². The molecular formula is C13H16O3S. The van der Waals surface area contributed by atoms with Gasteiger partial charge in [-0.15, -0.1) is 11.8 Å². The number of hydrogen-bond acceptors (Lipinski definition) is 4. The molecule has 0 spiro atoms. The van der Waals surface area contributed by atoms with Gasteiger partial charge in [0.1, 0.15) is 0 Å². The van der Waals surface area contributed by atoms with Gasteiger partial charge in [0.15, 0.2) is 5.78 Å². The maximum absolute atomic E-state index is 11.7. The summed E-state index contributed by atoms with van der Waals surface area (Å²) in [7, 11) is 1.32.